The Morgan fingerprint density at radius 2 is 1.38 bits per heavy atom. The van der Waals surface area contributed by atoms with Gasteiger partial charge in [0, 0.05) is 0 Å². The minimum atomic E-state index is 0.520. The Morgan fingerprint density at radius 1 is 0.875 bits per heavy atom. The Morgan fingerprint density at radius 3 is 1.88 bits per heavy atom. The van der Waals surface area contributed by atoms with E-state index in [1.54, 1.807) is 0 Å². The van der Waals surface area contributed by atoms with Crippen molar-refractivity contribution in [3.8, 4) is 0 Å². The van der Waals surface area contributed by atoms with Gasteiger partial charge in [0.25, 0.3) is 0 Å². The van der Waals surface area contributed by atoms with E-state index in [2.05, 4.69) is 26.5 Å². The molecule has 0 N–H and O–H groups in total. The van der Waals surface area contributed by atoms with Crippen LogP contribution in [0.4, 0.5) is 0 Å². The van der Waals surface area contributed by atoms with Crippen LogP contribution in [0.5, 0.6) is 0 Å². The van der Waals surface area contributed by atoms with E-state index in [0.717, 1.165) is 17.8 Å². The summed E-state index contributed by atoms with van der Waals surface area (Å²) in [6.07, 6.45) is 13.8. The zero-order chi connectivity index (χ0) is 11.6. The van der Waals surface area contributed by atoms with Gasteiger partial charge in [-0.2, -0.15) is 0 Å². The van der Waals surface area contributed by atoms with Gasteiger partial charge in [-0.25, -0.2) is 0 Å². The molecule has 0 aliphatic heterocycles. The van der Waals surface area contributed by atoms with Crippen molar-refractivity contribution in [2.45, 2.75) is 65.2 Å². The summed E-state index contributed by atoms with van der Waals surface area (Å²) in [5, 5.41) is 0. The molecule has 2 aliphatic carbocycles. The predicted molar refractivity (Wildman–Crippen MR) is 71.4 cm³/mol. The van der Waals surface area contributed by atoms with Crippen LogP contribution >= 0.6 is 0 Å². The molecular formula is C16H28. The summed E-state index contributed by atoms with van der Waals surface area (Å²) in [5.41, 5.74) is 0.520. The SMILES string of the molecule is C=CC1(C2CCC(C)CC2)CCC(C)CC1. The summed E-state index contributed by atoms with van der Waals surface area (Å²) in [5.74, 6) is 2.88. The summed E-state index contributed by atoms with van der Waals surface area (Å²) in [6, 6.07) is 0. The van der Waals surface area contributed by atoms with Gasteiger partial charge in [-0.05, 0) is 61.7 Å². The number of rotatable bonds is 2. The van der Waals surface area contributed by atoms with Crippen molar-refractivity contribution in [2.24, 2.45) is 23.2 Å². The second kappa shape index (κ2) is 4.94. The van der Waals surface area contributed by atoms with E-state index in [-0.39, 0.29) is 0 Å². The van der Waals surface area contributed by atoms with Gasteiger partial charge in [-0.1, -0.05) is 32.8 Å². The van der Waals surface area contributed by atoms with E-state index in [1.807, 2.05) is 0 Å². The highest BCUT2D eigenvalue weighted by Crippen LogP contribution is 2.50. The maximum Gasteiger partial charge on any atom is -0.00925 e. The Kier molecular flexibility index (Phi) is 3.77. The van der Waals surface area contributed by atoms with E-state index >= 15 is 0 Å². The van der Waals surface area contributed by atoms with Gasteiger partial charge in [0.2, 0.25) is 0 Å². The van der Waals surface area contributed by atoms with Crippen molar-refractivity contribution >= 4 is 0 Å². The second-order valence-corrected chi connectivity index (χ2v) is 6.58. The predicted octanol–water partition coefficient (Wildman–Crippen LogP) is 5.20. The van der Waals surface area contributed by atoms with E-state index in [0.29, 0.717) is 5.41 Å². The molecule has 92 valence electrons. The van der Waals surface area contributed by atoms with Crippen molar-refractivity contribution < 1.29 is 0 Å². The maximum atomic E-state index is 4.18. The molecule has 0 saturated heterocycles. The van der Waals surface area contributed by atoms with Gasteiger partial charge < -0.3 is 0 Å². The normalized spacial score (nSPS) is 45.2. The van der Waals surface area contributed by atoms with E-state index in [1.165, 1.54) is 51.4 Å². The lowest BCUT2D eigenvalue weighted by Gasteiger charge is -2.45. The van der Waals surface area contributed by atoms with Crippen LogP contribution in [-0.4, -0.2) is 0 Å². The second-order valence-electron chi connectivity index (χ2n) is 6.58. The van der Waals surface area contributed by atoms with Gasteiger partial charge in [0.1, 0.15) is 0 Å². The molecule has 0 spiro atoms. The summed E-state index contributed by atoms with van der Waals surface area (Å²) in [4.78, 5) is 0. The standard InChI is InChI=1S/C16H28/c1-4-16(11-9-14(3)10-12-16)15-7-5-13(2)6-8-15/h4,13-15H,1,5-12H2,2-3H3. The molecule has 0 heterocycles. The highest BCUT2D eigenvalue weighted by atomic mass is 14.4. The third kappa shape index (κ3) is 2.36. The molecule has 0 atom stereocenters. The molecule has 0 aromatic heterocycles. The molecule has 0 unspecified atom stereocenters. The molecule has 2 fully saturated rings. The van der Waals surface area contributed by atoms with Gasteiger partial charge in [0.15, 0.2) is 0 Å². The summed E-state index contributed by atoms with van der Waals surface area (Å²) < 4.78 is 0. The zero-order valence-corrected chi connectivity index (χ0v) is 11.2. The van der Waals surface area contributed by atoms with Crippen LogP contribution in [-0.2, 0) is 0 Å². The Balaban J connectivity index is 2.01. The fraction of sp³-hybridized carbons (Fsp3) is 0.875. The average Bonchev–Trinajstić information content (AvgIpc) is 2.32. The summed E-state index contributed by atoms with van der Waals surface area (Å²) in [6.45, 7) is 9.00. The molecule has 2 saturated carbocycles. The molecule has 16 heavy (non-hydrogen) atoms. The molecule has 0 radical (unpaired) electrons. The minimum Gasteiger partial charge on any atom is -0.103 e. The highest BCUT2D eigenvalue weighted by molar-refractivity contribution is 5.02. The lowest BCUT2D eigenvalue weighted by Crippen LogP contribution is -2.35. The molecule has 0 aromatic rings. The largest absolute Gasteiger partial charge is 0.103 e. The average molecular weight is 220 g/mol. The fourth-order valence-electron chi connectivity index (χ4n) is 3.91. The maximum absolute atomic E-state index is 4.18. The van der Waals surface area contributed by atoms with Crippen LogP contribution < -0.4 is 0 Å². The van der Waals surface area contributed by atoms with Gasteiger partial charge in [-0.15, -0.1) is 6.58 Å². The summed E-state index contributed by atoms with van der Waals surface area (Å²) in [7, 11) is 0. The Bertz CT molecular complexity index is 224. The molecule has 0 nitrogen and oxygen atoms in total. The lowest BCUT2D eigenvalue weighted by molar-refractivity contribution is 0.0883. The van der Waals surface area contributed by atoms with Gasteiger partial charge >= 0.3 is 0 Å². The van der Waals surface area contributed by atoms with Crippen molar-refractivity contribution in [3.63, 3.8) is 0 Å². The van der Waals surface area contributed by atoms with Gasteiger partial charge in [0.05, 0.1) is 0 Å². The molecular weight excluding hydrogens is 192 g/mol. The monoisotopic (exact) mass is 220 g/mol. The van der Waals surface area contributed by atoms with Crippen molar-refractivity contribution in [2.75, 3.05) is 0 Å². The van der Waals surface area contributed by atoms with Crippen molar-refractivity contribution in [1.29, 1.82) is 0 Å². The molecule has 2 rings (SSSR count). The Labute approximate surface area is 102 Å². The third-order valence-corrected chi connectivity index (χ3v) is 5.44. The highest BCUT2D eigenvalue weighted by Gasteiger charge is 2.39. The first kappa shape index (κ1) is 12.2. The smallest absolute Gasteiger partial charge is 0.00925 e. The Hall–Kier alpha value is -0.260. The first-order valence-electron chi connectivity index (χ1n) is 7.30. The van der Waals surface area contributed by atoms with E-state index < -0.39 is 0 Å². The van der Waals surface area contributed by atoms with Crippen LogP contribution in [0.2, 0.25) is 0 Å². The van der Waals surface area contributed by atoms with Crippen LogP contribution in [0, 0.1) is 23.2 Å². The molecule has 0 amide bonds. The number of allylic oxidation sites excluding steroid dienone is 1. The molecule has 0 bridgehead atoms. The molecule has 0 heteroatoms. The quantitative estimate of drug-likeness (QED) is 0.561. The van der Waals surface area contributed by atoms with Crippen molar-refractivity contribution in [1.82, 2.24) is 0 Å². The topological polar surface area (TPSA) is 0 Å². The lowest BCUT2D eigenvalue weighted by atomic mass is 9.59. The minimum absolute atomic E-state index is 0.520. The third-order valence-electron chi connectivity index (χ3n) is 5.44. The first-order valence-corrected chi connectivity index (χ1v) is 7.30. The molecule has 0 aromatic carbocycles. The van der Waals surface area contributed by atoms with Gasteiger partial charge in [-0.3, -0.25) is 0 Å². The number of hydrogen-bond donors (Lipinski definition) is 0. The number of hydrogen-bond acceptors (Lipinski definition) is 0. The first-order chi connectivity index (χ1) is 7.66. The fourth-order valence-corrected chi connectivity index (χ4v) is 3.91. The zero-order valence-electron chi connectivity index (χ0n) is 11.2. The van der Waals surface area contributed by atoms with Crippen LogP contribution in [0.25, 0.3) is 0 Å². The van der Waals surface area contributed by atoms with Crippen molar-refractivity contribution in [3.05, 3.63) is 12.7 Å². The van der Waals surface area contributed by atoms with Crippen LogP contribution in [0.1, 0.15) is 65.2 Å². The van der Waals surface area contributed by atoms with E-state index in [4.69, 9.17) is 0 Å². The molecule has 2 aliphatic rings. The summed E-state index contributed by atoms with van der Waals surface area (Å²) >= 11 is 0. The van der Waals surface area contributed by atoms with Crippen LogP contribution in [0.3, 0.4) is 0 Å². The van der Waals surface area contributed by atoms with E-state index in [9.17, 15) is 0 Å². The van der Waals surface area contributed by atoms with Crippen LogP contribution in [0.15, 0.2) is 12.7 Å².